The number of esters is 4. The van der Waals surface area contributed by atoms with Crippen molar-refractivity contribution in [1.29, 1.82) is 0 Å². The molecule has 0 fully saturated rings. The van der Waals surface area contributed by atoms with E-state index in [1.807, 2.05) is 12.2 Å². The van der Waals surface area contributed by atoms with Crippen LogP contribution >= 0.6 is 15.6 Å². The standard InChI is InChI=1S/C79H134O17P2/c1-5-9-13-17-21-25-29-33-35-36-38-42-44-48-52-56-60-64-77(82)90-70-75(96-79(84)66-62-58-54-50-46-40-32-28-24-20-16-12-8-4)72-94-98(87,88)92-68-73(80)67-91-97(85,86)93-71-74(95-78(83)65-61-57-53-49-45-39-31-27-23-19-15-11-7-3)69-89-76(81)63-59-55-51-47-43-41-37-34-30-26-22-18-14-10-6-2/h9-10,13-14,16,20-22,25-26,28,32-35,37-38,42,48,52,73-75,80H,5-8,11-12,15,17-19,23-24,27,29-31,36,39-41,43-47,49-51,53-72H2,1-4H3,(H,85,86)(H,87,88)/b13-9-,14-10-,20-16-,25-21-,26-22-,32-28-,35-33-,37-34-,42-38-,52-48-. The Morgan fingerprint density at radius 2 is 0.561 bits per heavy atom. The molecule has 5 unspecified atom stereocenters. The zero-order chi connectivity index (χ0) is 71.8. The van der Waals surface area contributed by atoms with Crippen LogP contribution in [0.1, 0.15) is 297 Å². The smallest absolute Gasteiger partial charge is 0.462 e. The van der Waals surface area contributed by atoms with Crippen LogP contribution in [0.4, 0.5) is 0 Å². The van der Waals surface area contributed by atoms with Crippen molar-refractivity contribution in [2.75, 3.05) is 39.6 Å². The number of ether oxygens (including phenoxy) is 4. The molecule has 0 saturated heterocycles. The Labute approximate surface area is 593 Å². The number of carbonyl (C=O) groups excluding carboxylic acids is 4. The zero-order valence-electron chi connectivity index (χ0n) is 61.2. The summed E-state index contributed by atoms with van der Waals surface area (Å²) in [7, 11) is -9.97. The lowest BCUT2D eigenvalue weighted by Gasteiger charge is -2.21. The molecule has 19 heteroatoms. The minimum Gasteiger partial charge on any atom is -0.462 e. The van der Waals surface area contributed by atoms with E-state index in [-0.39, 0.29) is 25.7 Å². The summed E-state index contributed by atoms with van der Waals surface area (Å²) in [6.07, 6.45) is 76.3. The summed E-state index contributed by atoms with van der Waals surface area (Å²) >= 11 is 0. The molecule has 0 aliphatic rings. The lowest BCUT2D eigenvalue weighted by molar-refractivity contribution is -0.161. The normalized spacial score (nSPS) is 14.6. The molecule has 0 aromatic rings. The van der Waals surface area contributed by atoms with E-state index in [0.717, 1.165) is 161 Å². The fraction of sp³-hybridized carbons (Fsp3) is 0.696. The third kappa shape index (κ3) is 69.9. The van der Waals surface area contributed by atoms with Crippen LogP contribution in [0.2, 0.25) is 0 Å². The first-order chi connectivity index (χ1) is 47.7. The minimum absolute atomic E-state index is 0.0642. The van der Waals surface area contributed by atoms with Gasteiger partial charge in [0.25, 0.3) is 0 Å². The Morgan fingerprint density at radius 1 is 0.296 bits per heavy atom. The van der Waals surface area contributed by atoms with Crippen LogP contribution in [-0.4, -0.2) is 96.7 Å². The molecule has 0 aliphatic heterocycles. The number of phosphoric ester groups is 2. The Balaban J connectivity index is 5.40. The predicted octanol–water partition coefficient (Wildman–Crippen LogP) is 21.6. The number of rotatable bonds is 70. The van der Waals surface area contributed by atoms with E-state index in [0.29, 0.717) is 32.1 Å². The topological polar surface area (TPSA) is 237 Å². The number of allylic oxidation sites excluding steroid dienone is 20. The van der Waals surface area contributed by atoms with Crippen LogP contribution < -0.4 is 0 Å². The van der Waals surface area contributed by atoms with Gasteiger partial charge in [-0.25, -0.2) is 9.13 Å². The maximum absolute atomic E-state index is 13.1. The second kappa shape index (κ2) is 70.9. The van der Waals surface area contributed by atoms with Crippen LogP contribution in [0.15, 0.2) is 122 Å². The van der Waals surface area contributed by atoms with Crippen molar-refractivity contribution in [2.45, 2.75) is 316 Å². The van der Waals surface area contributed by atoms with Gasteiger partial charge in [0.1, 0.15) is 19.3 Å². The average molecular weight is 1420 g/mol. The molecule has 3 N–H and O–H groups in total. The maximum Gasteiger partial charge on any atom is 0.472 e. The Bertz CT molecular complexity index is 2340. The molecule has 0 amide bonds. The Hall–Kier alpha value is -4.54. The van der Waals surface area contributed by atoms with Gasteiger partial charge in [0, 0.05) is 25.7 Å². The highest BCUT2D eigenvalue weighted by Crippen LogP contribution is 2.45. The summed E-state index contributed by atoms with van der Waals surface area (Å²) < 4.78 is 68.4. The lowest BCUT2D eigenvalue weighted by Crippen LogP contribution is -2.30. The summed E-state index contributed by atoms with van der Waals surface area (Å²) in [6, 6.07) is 0. The fourth-order valence-electron chi connectivity index (χ4n) is 9.72. The van der Waals surface area contributed by atoms with E-state index < -0.39 is 97.5 Å². The van der Waals surface area contributed by atoms with Crippen LogP contribution in [0.3, 0.4) is 0 Å². The Kier molecular flexibility index (Phi) is 67.6. The van der Waals surface area contributed by atoms with Crippen molar-refractivity contribution < 1.29 is 80.2 Å². The molecule has 0 radical (unpaired) electrons. The van der Waals surface area contributed by atoms with Gasteiger partial charge in [-0.05, 0) is 122 Å². The SMILES string of the molecule is CC/C=C\C/C=C\C/C=C\C/C=C\C/C=C\CCCC(=O)OCC(COP(=O)(O)OCC(O)COP(=O)(O)OCC(COC(=O)CCCCCCC/C=C\C/C=C\C/C=C\CC)OC(=O)CCCCCCCCCCCCCCC)OC(=O)CCCCCCC/C=C\C/C=C\CCC. The van der Waals surface area contributed by atoms with Crippen molar-refractivity contribution in [2.24, 2.45) is 0 Å². The van der Waals surface area contributed by atoms with E-state index in [2.05, 4.69) is 137 Å². The quantitative estimate of drug-likeness (QED) is 0.0169. The molecule has 5 atom stereocenters. The molecule has 0 rings (SSSR count). The first kappa shape index (κ1) is 93.5. The van der Waals surface area contributed by atoms with Crippen LogP contribution in [0, 0.1) is 0 Å². The van der Waals surface area contributed by atoms with Crippen LogP contribution in [0.25, 0.3) is 0 Å². The van der Waals surface area contributed by atoms with Gasteiger partial charge in [-0.15, -0.1) is 0 Å². The lowest BCUT2D eigenvalue weighted by atomic mass is 10.0. The molecular weight excluding hydrogens is 1280 g/mol. The number of aliphatic hydroxyl groups is 1. The summed E-state index contributed by atoms with van der Waals surface area (Å²) in [6.45, 7) is 4.48. The maximum atomic E-state index is 13.1. The van der Waals surface area contributed by atoms with Gasteiger partial charge in [0.15, 0.2) is 12.2 Å². The Morgan fingerprint density at radius 3 is 0.898 bits per heavy atom. The second-order valence-electron chi connectivity index (χ2n) is 24.8. The van der Waals surface area contributed by atoms with E-state index in [1.54, 1.807) is 0 Å². The molecule has 562 valence electrons. The van der Waals surface area contributed by atoms with Crippen molar-refractivity contribution >= 4 is 39.5 Å². The molecule has 17 nitrogen and oxygen atoms in total. The number of carbonyl (C=O) groups is 4. The van der Waals surface area contributed by atoms with Gasteiger partial charge in [0.05, 0.1) is 26.4 Å². The first-order valence-corrected chi connectivity index (χ1v) is 40.8. The second-order valence-corrected chi connectivity index (χ2v) is 27.7. The number of aliphatic hydroxyl groups excluding tert-OH is 1. The number of hydrogen-bond donors (Lipinski definition) is 3. The van der Waals surface area contributed by atoms with Gasteiger partial charge in [-0.2, -0.15) is 0 Å². The van der Waals surface area contributed by atoms with Crippen molar-refractivity contribution in [3.8, 4) is 0 Å². The largest absolute Gasteiger partial charge is 0.472 e. The average Bonchev–Trinajstić information content (AvgIpc) is 0.969. The molecule has 0 heterocycles. The van der Waals surface area contributed by atoms with E-state index >= 15 is 0 Å². The van der Waals surface area contributed by atoms with Crippen molar-refractivity contribution in [3.05, 3.63) is 122 Å². The van der Waals surface area contributed by atoms with Gasteiger partial charge in [-0.3, -0.25) is 37.3 Å². The van der Waals surface area contributed by atoms with Gasteiger partial charge in [-0.1, -0.05) is 271 Å². The zero-order valence-corrected chi connectivity index (χ0v) is 63.0. The van der Waals surface area contributed by atoms with Gasteiger partial charge < -0.3 is 33.8 Å². The molecular formula is C79H134O17P2. The monoisotopic (exact) mass is 1420 g/mol. The number of hydrogen-bond acceptors (Lipinski definition) is 15. The highest BCUT2D eigenvalue weighted by Gasteiger charge is 2.30. The molecule has 0 aromatic carbocycles. The van der Waals surface area contributed by atoms with E-state index in [4.69, 9.17) is 37.0 Å². The molecule has 98 heavy (non-hydrogen) atoms. The predicted molar refractivity (Wildman–Crippen MR) is 399 cm³/mol. The van der Waals surface area contributed by atoms with Crippen molar-refractivity contribution in [3.63, 3.8) is 0 Å². The molecule has 0 aliphatic carbocycles. The van der Waals surface area contributed by atoms with Crippen molar-refractivity contribution in [1.82, 2.24) is 0 Å². The number of unbranched alkanes of at least 4 members (excludes halogenated alkanes) is 24. The highest BCUT2D eigenvalue weighted by atomic mass is 31.2. The summed E-state index contributed by atoms with van der Waals surface area (Å²) in [4.78, 5) is 72.8. The third-order valence-corrected chi connectivity index (χ3v) is 17.3. The summed E-state index contributed by atoms with van der Waals surface area (Å²) in [5, 5.41) is 10.6. The number of phosphoric acid groups is 2. The fourth-order valence-corrected chi connectivity index (χ4v) is 11.3. The minimum atomic E-state index is -4.99. The summed E-state index contributed by atoms with van der Waals surface area (Å²) in [5.41, 5.74) is 0. The van der Waals surface area contributed by atoms with Crippen LogP contribution in [0.5, 0.6) is 0 Å². The molecule has 0 saturated carbocycles. The third-order valence-electron chi connectivity index (χ3n) is 15.4. The summed E-state index contributed by atoms with van der Waals surface area (Å²) in [5.74, 6) is -2.27. The van der Waals surface area contributed by atoms with E-state index in [1.165, 1.54) is 51.4 Å². The molecule has 0 bridgehead atoms. The first-order valence-electron chi connectivity index (χ1n) is 37.8. The molecule has 0 aromatic heterocycles. The van der Waals surface area contributed by atoms with Gasteiger partial charge in [0.2, 0.25) is 0 Å². The highest BCUT2D eigenvalue weighted by molar-refractivity contribution is 7.47. The van der Waals surface area contributed by atoms with Gasteiger partial charge >= 0.3 is 39.5 Å². The van der Waals surface area contributed by atoms with Crippen LogP contribution in [-0.2, 0) is 65.4 Å². The molecule has 0 spiro atoms. The van der Waals surface area contributed by atoms with E-state index in [9.17, 15) is 43.2 Å².